The number of carbonyl (C=O) groups excluding carboxylic acids is 1. The third-order valence-corrected chi connectivity index (χ3v) is 5.85. The summed E-state index contributed by atoms with van der Waals surface area (Å²) in [5.41, 5.74) is 10.1. The van der Waals surface area contributed by atoms with Crippen LogP contribution in [0.15, 0.2) is 52.6 Å². The number of nitrogens with two attached hydrogens (primary N) is 1. The average molecular weight is 431 g/mol. The molecule has 2 heterocycles. The molecule has 2 aromatic carbocycles. The van der Waals surface area contributed by atoms with Crippen molar-refractivity contribution in [1.29, 1.82) is 0 Å². The fourth-order valence-corrected chi connectivity index (χ4v) is 4.27. The highest BCUT2D eigenvalue weighted by Crippen LogP contribution is 2.32. The van der Waals surface area contributed by atoms with E-state index >= 15 is 0 Å². The molecule has 4 rings (SSSR count). The number of hydrogen-bond acceptors (Lipinski definition) is 4. The predicted octanol–water partition coefficient (Wildman–Crippen LogP) is 4.55. The predicted molar refractivity (Wildman–Crippen MR) is 114 cm³/mol. The molecule has 0 fully saturated rings. The highest BCUT2D eigenvalue weighted by atomic mass is 35.5. The van der Waals surface area contributed by atoms with Crippen molar-refractivity contribution in [1.82, 2.24) is 9.55 Å². The zero-order chi connectivity index (χ0) is 19.8. The third kappa shape index (κ3) is 3.32. The SMILES string of the molecule is CSc1nc(C(N)=O)c2n1-c1ccc(Cl)cc1C(Cc1ccccc1Cl)=NC2. The average Bonchev–Trinajstić information content (AvgIpc) is 2.98. The molecular weight excluding hydrogens is 415 g/mol. The smallest absolute Gasteiger partial charge is 0.269 e. The molecule has 0 spiro atoms. The van der Waals surface area contributed by atoms with Gasteiger partial charge in [-0.3, -0.25) is 14.4 Å². The van der Waals surface area contributed by atoms with E-state index in [4.69, 9.17) is 33.9 Å². The number of halogens is 2. The minimum Gasteiger partial charge on any atom is -0.364 e. The number of nitrogens with zero attached hydrogens (tertiary/aromatic N) is 3. The Kier molecular flexibility index (Phi) is 5.19. The van der Waals surface area contributed by atoms with Gasteiger partial charge in [-0.05, 0) is 36.1 Å². The van der Waals surface area contributed by atoms with Crippen molar-refractivity contribution in [3.8, 4) is 5.69 Å². The zero-order valence-corrected chi connectivity index (χ0v) is 17.3. The molecule has 0 unspecified atom stereocenters. The first kappa shape index (κ1) is 19.1. The Labute approximate surface area is 176 Å². The number of rotatable bonds is 4. The van der Waals surface area contributed by atoms with Crippen LogP contribution >= 0.6 is 35.0 Å². The van der Waals surface area contributed by atoms with Gasteiger partial charge >= 0.3 is 0 Å². The van der Waals surface area contributed by atoms with Crippen LogP contribution in [-0.2, 0) is 13.0 Å². The quantitative estimate of drug-likeness (QED) is 0.617. The number of amides is 1. The first-order valence-corrected chi connectivity index (χ1v) is 10.5. The molecule has 5 nitrogen and oxygen atoms in total. The number of thioether (sulfide) groups is 1. The second-order valence-corrected chi connectivity index (χ2v) is 7.90. The Morgan fingerprint density at radius 3 is 2.75 bits per heavy atom. The van der Waals surface area contributed by atoms with Gasteiger partial charge in [-0.2, -0.15) is 0 Å². The number of aliphatic imine (C=N–C) groups is 1. The Hall–Kier alpha value is -2.28. The van der Waals surface area contributed by atoms with E-state index in [2.05, 4.69) is 4.98 Å². The summed E-state index contributed by atoms with van der Waals surface area (Å²) in [6, 6.07) is 13.3. The fraction of sp³-hybridized carbons (Fsp3) is 0.150. The molecule has 142 valence electrons. The lowest BCUT2D eigenvalue weighted by atomic mass is 10.0. The highest BCUT2D eigenvalue weighted by molar-refractivity contribution is 7.98. The number of fused-ring (bicyclic) bond motifs is 3. The van der Waals surface area contributed by atoms with Crippen LogP contribution < -0.4 is 5.73 Å². The summed E-state index contributed by atoms with van der Waals surface area (Å²) in [5.74, 6) is -0.565. The van der Waals surface area contributed by atoms with Crippen LogP contribution in [0.2, 0.25) is 10.0 Å². The summed E-state index contributed by atoms with van der Waals surface area (Å²) in [5, 5.41) is 1.97. The van der Waals surface area contributed by atoms with Crippen molar-refractivity contribution in [2.45, 2.75) is 18.1 Å². The van der Waals surface area contributed by atoms with Gasteiger partial charge in [0.05, 0.1) is 17.9 Å². The Balaban J connectivity index is 1.92. The Morgan fingerprint density at radius 2 is 2.04 bits per heavy atom. The molecule has 3 aromatic rings. The second-order valence-electron chi connectivity index (χ2n) is 6.29. The molecule has 0 atom stereocenters. The topological polar surface area (TPSA) is 73.3 Å². The minimum atomic E-state index is -0.565. The molecule has 0 aliphatic carbocycles. The Bertz CT molecular complexity index is 1120. The lowest BCUT2D eigenvalue weighted by molar-refractivity contribution is 0.0994. The monoisotopic (exact) mass is 430 g/mol. The summed E-state index contributed by atoms with van der Waals surface area (Å²) in [6.07, 6.45) is 2.46. The van der Waals surface area contributed by atoms with Gasteiger partial charge in [0.15, 0.2) is 10.9 Å². The van der Waals surface area contributed by atoms with Crippen molar-refractivity contribution < 1.29 is 4.79 Å². The summed E-state index contributed by atoms with van der Waals surface area (Å²) < 4.78 is 1.94. The van der Waals surface area contributed by atoms with Gasteiger partial charge in [0.1, 0.15) is 0 Å². The van der Waals surface area contributed by atoms with Crippen molar-refractivity contribution in [3.63, 3.8) is 0 Å². The van der Waals surface area contributed by atoms with Gasteiger partial charge in [-0.15, -0.1) is 0 Å². The van der Waals surface area contributed by atoms with E-state index < -0.39 is 5.91 Å². The molecule has 28 heavy (non-hydrogen) atoms. The van der Waals surface area contributed by atoms with Crippen LogP contribution in [0.4, 0.5) is 0 Å². The van der Waals surface area contributed by atoms with Crippen molar-refractivity contribution >= 4 is 46.6 Å². The molecule has 0 saturated heterocycles. The number of aromatic nitrogens is 2. The molecule has 1 amide bonds. The van der Waals surface area contributed by atoms with Crippen molar-refractivity contribution in [2.75, 3.05) is 6.26 Å². The van der Waals surface area contributed by atoms with Gasteiger partial charge in [-0.25, -0.2) is 4.98 Å². The van der Waals surface area contributed by atoms with Crippen LogP contribution in [0.5, 0.6) is 0 Å². The lowest BCUT2D eigenvalue weighted by Gasteiger charge is -2.14. The molecular formula is C20H16Cl2N4OS. The van der Waals surface area contributed by atoms with Crippen molar-refractivity contribution in [3.05, 3.63) is 75.0 Å². The van der Waals surface area contributed by atoms with Gasteiger partial charge < -0.3 is 5.73 Å². The maximum Gasteiger partial charge on any atom is 0.269 e. The lowest BCUT2D eigenvalue weighted by Crippen LogP contribution is -2.14. The molecule has 8 heteroatoms. The maximum atomic E-state index is 11.9. The number of benzene rings is 2. The first-order valence-electron chi connectivity index (χ1n) is 8.52. The van der Waals surface area contributed by atoms with E-state index in [1.165, 1.54) is 11.8 Å². The van der Waals surface area contributed by atoms with E-state index in [-0.39, 0.29) is 12.2 Å². The van der Waals surface area contributed by atoms with Crippen LogP contribution in [0.1, 0.15) is 27.3 Å². The van der Waals surface area contributed by atoms with E-state index in [0.717, 1.165) is 22.5 Å². The first-order chi connectivity index (χ1) is 13.5. The van der Waals surface area contributed by atoms with Crippen LogP contribution in [-0.4, -0.2) is 27.4 Å². The standard InChI is InChI=1S/C20H16Cl2N4OS/c1-28-20-25-18(19(23)27)17-10-24-15(8-11-4-2-3-5-14(11)22)13-9-12(21)6-7-16(13)26(17)20/h2-7,9H,8,10H2,1H3,(H2,23,27). The summed E-state index contributed by atoms with van der Waals surface area (Å²) in [6.45, 7) is 0.290. The minimum absolute atomic E-state index is 0.244. The molecule has 2 N–H and O–H groups in total. The third-order valence-electron chi connectivity index (χ3n) is 4.60. The summed E-state index contributed by atoms with van der Waals surface area (Å²) in [4.78, 5) is 21.2. The van der Waals surface area contributed by atoms with E-state index in [0.29, 0.717) is 27.3 Å². The molecule has 1 aromatic heterocycles. The van der Waals surface area contributed by atoms with E-state index in [1.807, 2.05) is 53.3 Å². The number of imidazole rings is 1. The zero-order valence-electron chi connectivity index (χ0n) is 14.9. The van der Waals surface area contributed by atoms with E-state index in [9.17, 15) is 4.79 Å². The largest absolute Gasteiger partial charge is 0.364 e. The molecule has 1 aliphatic heterocycles. The highest BCUT2D eigenvalue weighted by Gasteiger charge is 2.26. The van der Waals surface area contributed by atoms with Gasteiger partial charge in [-0.1, -0.05) is 53.2 Å². The van der Waals surface area contributed by atoms with Gasteiger partial charge in [0.25, 0.3) is 5.91 Å². The van der Waals surface area contributed by atoms with Gasteiger partial charge in [0, 0.05) is 27.7 Å². The molecule has 1 aliphatic rings. The van der Waals surface area contributed by atoms with Crippen molar-refractivity contribution in [2.24, 2.45) is 10.7 Å². The van der Waals surface area contributed by atoms with Crippen LogP contribution in [0, 0.1) is 0 Å². The maximum absolute atomic E-state index is 11.9. The summed E-state index contributed by atoms with van der Waals surface area (Å²) >= 11 is 14.1. The Morgan fingerprint density at radius 1 is 1.25 bits per heavy atom. The number of hydrogen-bond donors (Lipinski definition) is 1. The molecule has 0 bridgehead atoms. The second kappa shape index (κ2) is 7.62. The van der Waals surface area contributed by atoms with E-state index in [1.54, 1.807) is 0 Å². The van der Waals surface area contributed by atoms with Gasteiger partial charge in [0.2, 0.25) is 0 Å². The molecule has 0 radical (unpaired) electrons. The summed E-state index contributed by atoms with van der Waals surface area (Å²) in [7, 11) is 0. The normalized spacial score (nSPS) is 12.8. The fourth-order valence-electron chi connectivity index (χ4n) is 3.32. The molecule has 0 saturated carbocycles. The van der Waals surface area contributed by atoms with Crippen LogP contribution in [0.3, 0.4) is 0 Å². The van der Waals surface area contributed by atoms with Crippen LogP contribution in [0.25, 0.3) is 5.69 Å². The number of carbonyl (C=O) groups is 1. The number of primary amides is 1.